The third kappa shape index (κ3) is 3.63. The van der Waals surface area contributed by atoms with Crippen LogP contribution in [0.5, 0.6) is 0 Å². The van der Waals surface area contributed by atoms with Gasteiger partial charge in [-0.25, -0.2) is 4.98 Å². The van der Waals surface area contributed by atoms with E-state index in [0.29, 0.717) is 26.1 Å². The number of amides is 1. The number of imidazole rings is 1. The fourth-order valence-electron chi connectivity index (χ4n) is 2.94. The molecule has 21 heavy (non-hydrogen) atoms. The molecule has 1 amide bonds. The largest absolute Gasteiger partial charge is 0.383 e. The maximum absolute atomic E-state index is 12.9. The highest BCUT2D eigenvalue weighted by Gasteiger charge is 2.31. The molecule has 0 spiro atoms. The summed E-state index contributed by atoms with van der Waals surface area (Å²) in [5.74, 6) is 0.161. The Morgan fingerprint density at radius 2 is 2.29 bits per heavy atom. The van der Waals surface area contributed by atoms with E-state index >= 15 is 0 Å². The summed E-state index contributed by atoms with van der Waals surface area (Å²) in [6.45, 7) is 6.14. The molecule has 1 aliphatic rings. The second-order valence-corrected chi connectivity index (χ2v) is 5.46. The molecule has 2 N–H and O–H groups in total. The lowest BCUT2D eigenvalue weighted by Gasteiger charge is -2.34. The number of methoxy groups -OCH3 is 1. The lowest BCUT2D eigenvalue weighted by molar-refractivity contribution is -0.137. The van der Waals surface area contributed by atoms with E-state index in [1.807, 2.05) is 4.90 Å². The van der Waals surface area contributed by atoms with Gasteiger partial charge in [-0.05, 0) is 12.8 Å². The molecule has 0 aromatic carbocycles. The Labute approximate surface area is 126 Å². The molecule has 1 aromatic rings. The number of aromatic nitrogens is 2. The van der Waals surface area contributed by atoms with E-state index < -0.39 is 0 Å². The molecule has 2 heterocycles. The molecule has 1 atom stereocenters. The molecule has 0 fully saturated rings. The normalized spacial score (nSPS) is 17.8. The standard InChI is InChI=1S/C15H26N4O2/c1-4-11(5-2)19(6-7-21-3)15(20)13-8-12-14(9-16-13)18-10-17-12/h10-11,13,16H,4-9H2,1-3H3,(H,17,18). The molecule has 1 aliphatic heterocycles. The maximum Gasteiger partial charge on any atom is 0.240 e. The molecule has 0 aliphatic carbocycles. The highest BCUT2D eigenvalue weighted by Crippen LogP contribution is 2.17. The number of nitrogens with zero attached hydrogens (tertiary/aromatic N) is 2. The third-order valence-electron chi connectivity index (χ3n) is 4.23. The summed E-state index contributed by atoms with van der Waals surface area (Å²) < 4.78 is 5.16. The molecule has 1 aromatic heterocycles. The van der Waals surface area contributed by atoms with Gasteiger partial charge in [0.1, 0.15) is 0 Å². The van der Waals surface area contributed by atoms with Crippen LogP contribution in [0.4, 0.5) is 0 Å². The highest BCUT2D eigenvalue weighted by atomic mass is 16.5. The second-order valence-electron chi connectivity index (χ2n) is 5.46. The van der Waals surface area contributed by atoms with Crippen molar-refractivity contribution in [1.29, 1.82) is 0 Å². The van der Waals surface area contributed by atoms with Crippen LogP contribution in [0.2, 0.25) is 0 Å². The monoisotopic (exact) mass is 294 g/mol. The van der Waals surface area contributed by atoms with Crippen LogP contribution in [-0.2, 0) is 22.5 Å². The number of aromatic amines is 1. The van der Waals surface area contributed by atoms with Gasteiger partial charge in [0, 0.05) is 32.7 Å². The molecule has 6 heteroatoms. The second kappa shape index (κ2) is 7.56. The Morgan fingerprint density at radius 1 is 1.52 bits per heavy atom. The minimum Gasteiger partial charge on any atom is -0.383 e. The minimum atomic E-state index is -0.182. The molecule has 6 nitrogen and oxygen atoms in total. The third-order valence-corrected chi connectivity index (χ3v) is 4.23. The summed E-state index contributed by atoms with van der Waals surface area (Å²) in [5.41, 5.74) is 2.09. The Balaban J connectivity index is 2.07. The van der Waals surface area contributed by atoms with Crippen molar-refractivity contribution >= 4 is 5.91 Å². The zero-order valence-corrected chi connectivity index (χ0v) is 13.2. The number of nitrogens with one attached hydrogen (secondary N) is 2. The van der Waals surface area contributed by atoms with Crippen molar-refractivity contribution in [3.05, 3.63) is 17.7 Å². The summed E-state index contributed by atoms with van der Waals surface area (Å²) in [6.07, 6.45) is 4.28. The Bertz CT molecular complexity index is 456. The number of hydrogen-bond acceptors (Lipinski definition) is 4. The van der Waals surface area contributed by atoms with Gasteiger partial charge in [0.05, 0.1) is 30.4 Å². The summed E-state index contributed by atoms with van der Waals surface area (Å²) in [7, 11) is 1.67. The van der Waals surface area contributed by atoms with Crippen LogP contribution in [0.25, 0.3) is 0 Å². The fourth-order valence-corrected chi connectivity index (χ4v) is 2.94. The quantitative estimate of drug-likeness (QED) is 0.790. The highest BCUT2D eigenvalue weighted by molar-refractivity contribution is 5.82. The van der Waals surface area contributed by atoms with E-state index in [-0.39, 0.29) is 18.0 Å². The van der Waals surface area contributed by atoms with Crippen LogP contribution in [0.3, 0.4) is 0 Å². The summed E-state index contributed by atoms with van der Waals surface area (Å²) in [4.78, 5) is 22.2. The van der Waals surface area contributed by atoms with Crippen molar-refractivity contribution in [3.8, 4) is 0 Å². The average molecular weight is 294 g/mol. The van der Waals surface area contributed by atoms with Gasteiger partial charge < -0.3 is 14.6 Å². The predicted octanol–water partition coefficient (Wildman–Crippen LogP) is 1.09. The van der Waals surface area contributed by atoms with Gasteiger partial charge in [-0.2, -0.15) is 0 Å². The lowest BCUT2D eigenvalue weighted by Crippen LogP contribution is -2.53. The van der Waals surface area contributed by atoms with Crippen LogP contribution in [0.15, 0.2) is 6.33 Å². The number of carbonyl (C=O) groups is 1. The Morgan fingerprint density at radius 3 is 2.95 bits per heavy atom. The minimum absolute atomic E-state index is 0.161. The molecule has 118 valence electrons. The molecule has 1 unspecified atom stereocenters. The van der Waals surface area contributed by atoms with Gasteiger partial charge in [0.15, 0.2) is 0 Å². The first-order chi connectivity index (χ1) is 10.2. The number of rotatable bonds is 7. The van der Waals surface area contributed by atoms with Gasteiger partial charge in [0.25, 0.3) is 0 Å². The van der Waals surface area contributed by atoms with Gasteiger partial charge >= 0.3 is 0 Å². The summed E-state index contributed by atoms with van der Waals surface area (Å²) >= 11 is 0. The van der Waals surface area contributed by atoms with Crippen molar-refractivity contribution < 1.29 is 9.53 Å². The van der Waals surface area contributed by atoms with Crippen LogP contribution in [-0.4, -0.2) is 53.1 Å². The molecule has 2 rings (SSSR count). The summed E-state index contributed by atoms with van der Waals surface area (Å²) in [6, 6.07) is 0.0910. The molecular weight excluding hydrogens is 268 g/mol. The summed E-state index contributed by atoms with van der Waals surface area (Å²) in [5, 5.41) is 3.32. The van der Waals surface area contributed by atoms with E-state index in [1.165, 1.54) is 0 Å². The fraction of sp³-hybridized carbons (Fsp3) is 0.733. The van der Waals surface area contributed by atoms with Crippen molar-refractivity contribution in [2.75, 3.05) is 20.3 Å². The Kier molecular flexibility index (Phi) is 5.76. The first-order valence-corrected chi connectivity index (χ1v) is 7.75. The molecule has 0 saturated carbocycles. The lowest BCUT2D eigenvalue weighted by atomic mass is 10.0. The number of H-pyrrole nitrogens is 1. The molecule has 0 bridgehead atoms. The predicted molar refractivity (Wildman–Crippen MR) is 80.9 cm³/mol. The zero-order valence-electron chi connectivity index (χ0n) is 13.2. The van der Waals surface area contributed by atoms with Gasteiger partial charge in [-0.15, -0.1) is 0 Å². The molecular formula is C15H26N4O2. The Hall–Kier alpha value is -1.40. The molecule has 0 radical (unpaired) electrons. The van der Waals surface area contributed by atoms with E-state index in [2.05, 4.69) is 29.1 Å². The van der Waals surface area contributed by atoms with Gasteiger partial charge in [-0.1, -0.05) is 13.8 Å². The van der Waals surface area contributed by atoms with E-state index in [4.69, 9.17) is 4.74 Å². The first kappa shape index (κ1) is 16.0. The molecule has 0 saturated heterocycles. The smallest absolute Gasteiger partial charge is 0.240 e. The number of carbonyl (C=O) groups excluding carboxylic acids is 1. The van der Waals surface area contributed by atoms with E-state index in [1.54, 1.807) is 13.4 Å². The van der Waals surface area contributed by atoms with Crippen LogP contribution in [0.1, 0.15) is 38.1 Å². The van der Waals surface area contributed by atoms with Crippen LogP contribution in [0, 0.1) is 0 Å². The van der Waals surface area contributed by atoms with E-state index in [0.717, 1.165) is 24.2 Å². The van der Waals surface area contributed by atoms with Gasteiger partial charge in [0.2, 0.25) is 5.91 Å². The zero-order chi connectivity index (χ0) is 15.2. The number of fused-ring (bicyclic) bond motifs is 1. The topological polar surface area (TPSA) is 70.2 Å². The van der Waals surface area contributed by atoms with E-state index in [9.17, 15) is 4.79 Å². The number of hydrogen-bond donors (Lipinski definition) is 2. The van der Waals surface area contributed by atoms with Crippen LogP contribution >= 0.6 is 0 Å². The van der Waals surface area contributed by atoms with Gasteiger partial charge in [-0.3, -0.25) is 10.1 Å². The van der Waals surface area contributed by atoms with Crippen molar-refractivity contribution in [1.82, 2.24) is 20.2 Å². The van der Waals surface area contributed by atoms with Crippen molar-refractivity contribution in [2.24, 2.45) is 0 Å². The van der Waals surface area contributed by atoms with Crippen molar-refractivity contribution in [3.63, 3.8) is 0 Å². The maximum atomic E-state index is 12.9. The van der Waals surface area contributed by atoms with Crippen molar-refractivity contribution in [2.45, 2.75) is 51.7 Å². The van der Waals surface area contributed by atoms with Crippen LogP contribution < -0.4 is 5.32 Å². The first-order valence-electron chi connectivity index (χ1n) is 7.75. The number of ether oxygens (including phenoxy) is 1. The average Bonchev–Trinajstić information content (AvgIpc) is 2.98. The SMILES string of the molecule is CCC(CC)N(CCOC)C(=O)C1Cc2nc[nH]c2CN1.